The number of phenolic OH excluding ortho intramolecular Hbond substituents is 1. The van der Waals surface area contributed by atoms with E-state index in [0.717, 1.165) is 45.9 Å². The zero-order chi connectivity index (χ0) is 29.4. The highest BCUT2D eigenvalue weighted by molar-refractivity contribution is 6.43. The number of rotatable bonds is 8. The third-order valence-electron chi connectivity index (χ3n) is 9.36. The number of benzene rings is 3. The Hall–Kier alpha value is -3.68. The Labute approximate surface area is 247 Å². The highest BCUT2D eigenvalue weighted by Gasteiger charge is 2.56. The summed E-state index contributed by atoms with van der Waals surface area (Å²) in [5.41, 5.74) is 5.58. The molecule has 0 radical (unpaired) electrons. The lowest BCUT2D eigenvalue weighted by Gasteiger charge is -2.43. The van der Waals surface area contributed by atoms with Gasteiger partial charge < -0.3 is 14.8 Å². The summed E-state index contributed by atoms with van der Waals surface area (Å²) < 4.78 is 6.22. The molecule has 4 atom stereocenters. The van der Waals surface area contributed by atoms with E-state index < -0.39 is 13.0 Å². The van der Waals surface area contributed by atoms with Gasteiger partial charge in [0, 0.05) is 11.9 Å². The number of fused-ring (bicyclic) bond motifs is 4. The van der Waals surface area contributed by atoms with Gasteiger partial charge in [-0.25, -0.2) is 0 Å². The van der Waals surface area contributed by atoms with E-state index in [9.17, 15) is 19.7 Å². The first kappa shape index (κ1) is 28.4. The molecule has 2 N–H and O–H groups in total. The molecule has 42 heavy (non-hydrogen) atoms. The monoisotopic (exact) mass is 563 g/mol. The average molecular weight is 564 g/mol. The molecule has 3 aromatic rings. The van der Waals surface area contributed by atoms with E-state index >= 15 is 0 Å². The molecule has 0 unspecified atom stereocenters. The van der Waals surface area contributed by atoms with Crippen LogP contribution in [0.4, 0.5) is 0 Å². The van der Waals surface area contributed by atoms with Crippen LogP contribution < -0.4 is 0 Å². The molecule has 0 aromatic heterocycles. The zero-order valence-corrected chi connectivity index (χ0v) is 24.3. The first-order valence-electron chi connectivity index (χ1n) is 15.3. The highest BCUT2D eigenvalue weighted by atomic mass is 16.5. The molecular weight excluding hydrogens is 525 g/mol. The maximum Gasteiger partial charge on any atom is 0.455 e. The van der Waals surface area contributed by atoms with Gasteiger partial charge in [0.15, 0.2) is 0 Å². The van der Waals surface area contributed by atoms with Crippen LogP contribution in [0, 0.1) is 17.8 Å². The Bertz CT molecular complexity index is 1560. The summed E-state index contributed by atoms with van der Waals surface area (Å²) in [7, 11) is -0.978. The van der Waals surface area contributed by atoms with Gasteiger partial charge in [0.2, 0.25) is 11.8 Å². The topological polar surface area (TPSA) is 87.1 Å². The van der Waals surface area contributed by atoms with Crippen LogP contribution in [0.25, 0.3) is 22.4 Å². The van der Waals surface area contributed by atoms with Crippen molar-refractivity contribution in [2.24, 2.45) is 17.8 Å². The number of likely N-dealkylation sites (tertiary alicyclic amines) is 1. The summed E-state index contributed by atoms with van der Waals surface area (Å²) in [6.07, 6.45) is 5.64. The molecule has 2 saturated heterocycles. The van der Waals surface area contributed by atoms with Gasteiger partial charge in [0.25, 0.3) is 0 Å². The van der Waals surface area contributed by atoms with Gasteiger partial charge in [0.1, 0.15) is 5.75 Å². The Balaban J connectivity index is 1.35. The van der Waals surface area contributed by atoms with Gasteiger partial charge in [-0.3, -0.25) is 14.5 Å². The van der Waals surface area contributed by atoms with E-state index in [1.807, 2.05) is 55.5 Å². The molecule has 6 rings (SSSR count). The molecular formula is C35H38BNO5. The lowest BCUT2D eigenvalue weighted by atomic mass is 9.58. The predicted molar refractivity (Wildman–Crippen MR) is 166 cm³/mol. The maximum atomic E-state index is 13.5. The number of allylic oxidation sites excluding steroid dienone is 2. The normalized spacial score (nSPS) is 24.4. The van der Waals surface area contributed by atoms with Crippen molar-refractivity contribution in [3.8, 4) is 5.75 Å². The molecule has 3 aliphatic rings. The Morgan fingerprint density at radius 2 is 1.71 bits per heavy atom. The standard InChI is InChI=1S/C35H38BNO5/c1-3-18-37-34(39)28-20-22(4-2)32-29(33(28)35(37)40)21-36(41)42-31(32)17-15-24(23-10-6-5-7-11-23)19-25-14-16-30(38)27-13-9-8-12-26(25)27/h5-14,16,19,28-29,31,33,38,41H,3-4,15,17-18,20-21H2,1-2H3/b24-19-/t28-,29+,31-,33-/m1/s1. The molecule has 2 aliphatic heterocycles. The van der Waals surface area contributed by atoms with Crippen LogP contribution in [0.5, 0.6) is 5.75 Å². The first-order valence-corrected chi connectivity index (χ1v) is 15.3. The maximum absolute atomic E-state index is 13.5. The molecule has 2 fully saturated rings. The number of hydrogen-bond donors (Lipinski definition) is 2. The molecule has 0 saturated carbocycles. The van der Waals surface area contributed by atoms with Crippen LogP contribution in [0.1, 0.15) is 57.1 Å². The van der Waals surface area contributed by atoms with Crippen molar-refractivity contribution in [2.75, 3.05) is 6.54 Å². The van der Waals surface area contributed by atoms with Gasteiger partial charge in [0.05, 0.1) is 17.9 Å². The quantitative estimate of drug-likeness (QED) is 0.142. The van der Waals surface area contributed by atoms with Crippen molar-refractivity contribution >= 4 is 41.4 Å². The Morgan fingerprint density at radius 3 is 2.45 bits per heavy atom. The lowest BCUT2D eigenvalue weighted by Crippen LogP contribution is -2.46. The minimum Gasteiger partial charge on any atom is -0.507 e. The van der Waals surface area contributed by atoms with E-state index in [4.69, 9.17) is 4.65 Å². The second-order valence-corrected chi connectivity index (χ2v) is 11.8. The molecule has 0 bridgehead atoms. The third kappa shape index (κ3) is 5.09. The van der Waals surface area contributed by atoms with Crippen LogP contribution in [-0.2, 0) is 14.2 Å². The number of nitrogens with zero attached hydrogens (tertiary/aromatic N) is 1. The summed E-state index contributed by atoms with van der Waals surface area (Å²) >= 11 is 0. The van der Waals surface area contributed by atoms with Crippen LogP contribution >= 0.6 is 0 Å². The number of carbonyl (C=O) groups is 2. The fourth-order valence-electron chi connectivity index (χ4n) is 7.47. The molecule has 6 nitrogen and oxygen atoms in total. The van der Waals surface area contributed by atoms with Crippen molar-refractivity contribution in [1.29, 1.82) is 0 Å². The minimum absolute atomic E-state index is 0.0511. The Morgan fingerprint density at radius 1 is 0.976 bits per heavy atom. The molecule has 0 spiro atoms. The molecule has 2 amide bonds. The van der Waals surface area contributed by atoms with E-state index in [-0.39, 0.29) is 35.5 Å². The predicted octanol–water partition coefficient (Wildman–Crippen LogP) is 6.48. The van der Waals surface area contributed by atoms with E-state index in [2.05, 4.69) is 25.1 Å². The molecule has 2 heterocycles. The van der Waals surface area contributed by atoms with Crippen molar-refractivity contribution in [2.45, 2.75) is 58.4 Å². The highest BCUT2D eigenvalue weighted by Crippen LogP contribution is 2.51. The van der Waals surface area contributed by atoms with Gasteiger partial charge >= 0.3 is 7.12 Å². The number of imide groups is 1. The number of carbonyl (C=O) groups excluding carboxylic acids is 2. The van der Waals surface area contributed by atoms with Crippen molar-refractivity contribution in [3.63, 3.8) is 0 Å². The second kappa shape index (κ2) is 11.9. The summed E-state index contributed by atoms with van der Waals surface area (Å²) in [6.45, 7) is 4.54. The van der Waals surface area contributed by atoms with Crippen molar-refractivity contribution in [3.05, 3.63) is 89.0 Å². The number of aromatic hydroxyl groups is 1. The number of amides is 2. The number of phenols is 1. The summed E-state index contributed by atoms with van der Waals surface area (Å²) in [4.78, 5) is 28.2. The van der Waals surface area contributed by atoms with E-state index in [0.29, 0.717) is 32.1 Å². The molecule has 216 valence electrons. The summed E-state index contributed by atoms with van der Waals surface area (Å²) in [6, 6.07) is 21.8. The fourth-order valence-corrected chi connectivity index (χ4v) is 7.47. The van der Waals surface area contributed by atoms with Crippen LogP contribution in [0.15, 0.2) is 77.9 Å². The van der Waals surface area contributed by atoms with Gasteiger partial charge in [-0.15, -0.1) is 0 Å². The van der Waals surface area contributed by atoms with E-state index in [1.165, 1.54) is 10.5 Å². The average Bonchev–Trinajstić information content (AvgIpc) is 3.25. The summed E-state index contributed by atoms with van der Waals surface area (Å²) in [5, 5.41) is 23.1. The zero-order valence-electron chi connectivity index (χ0n) is 24.3. The second-order valence-electron chi connectivity index (χ2n) is 11.8. The largest absolute Gasteiger partial charge is 0.507 e. The lowest BCUT2D eigenvalue weighted by molar-refractivity contribution is -0.140. The molecule has 7 heteroatoms. The minimum atomic E-state index is -0.978. The number of hydrogen-bond acceptors (Lipinski definition) is 5. The smallest absolute Gasteiger partial charge is 0.455 e. The molecule has 1 aliphatic carbocycles. The SMILES string of the molecule is CCCN1C(=O)[C@@H]2[C@@H](CC(CC)=C3[C@@H](CC/C(=C/c4ccc(O)c5ccccc45)c4ccccc4)OB(O)C[C@@H]32)C1=O. The van der Waals surface area contributed by atoms with Crippen LogP contribution in [0.2, 0.25) is 6.32 Å². The third-order valence-corrected chi connectivity index (χ3v) is 9.36. The Kier molecular flexibility index (Phi) is 8.06. The van der Waals surface area contributed by atoms with Gasteiger partial charge in [-0.05, 0) is 78.1 Å². The van der Waals surface area contributed by atoms with Gasteiger partial charge in [-0.2, -0.15) is 0 Å². The van der Waals surface area contributed by atoms with E-state index in [1.54, 1.807) is 6.07 Å². The fraction of sp³-hybridized carbons (Fsp3) is 0.371. The summed E-state index contributed by atoms with van der Waals surface area (Å²) in [5.74, 6) is -0.807. The van der Waals surface area contributed by atoms with Crippen LogP contribution in [0.3, 0.4) is 0 Å². The van der Waals surface area contributed by atoms with Crippen molar-refractivity contribution in [1.82, 2.24) is 4.90 Å². The van der Waals surface area contributed by atoms with Crippen molar-refractivity contribution < 1.29 is 24.4 Å². The van der Waals surface area contributed by atoms with Gasteiger partial charge in [-0.1, -0.05) is 86.2 Å². The molecule has 3 aromatic carbocycles. The first-order chi connectivity index (χ1) is 20.4. The van der Waals surface area contributed by atoms with Crippen LogP contribution in [-0.4, -0.2) is 46.6 Å².